The minimum absolute atomic E-state index is 0.190. The van der Waals surface area contributed by atoms with E-state index in [1.165, 1.54) is 6.07 Å². The molecule has 0 unspecified atom stereocenters. The van der Waals surface area contributed by atoms with Crippen molar-refractivity contribution in [1.29, 1.82) is 0 Å². The standard InChI is InChI=1S/C14H17N3O3/c1-8-5-12(18)20-10(3)13(8)14(19)17(4)7-11-6-9(2)15-16-11/h5-6H,7H2,1-4H3,(H,15,16). The van der Waals surface area contributed by atoms with Crippen molar-refractivity contribution in [3.05, 3.63) is 50.8 Å². The van der Waals surface area contributed by atoms with Crippen LogP contribution in [-0.4, -0.2) is 28.1 Å². The van der Waals surface area contributed by atoms with Gasteiger partial charge in [0.05, 0.1) is 17.8 Å². The molecular weight excluding hydrogens is 258 g/mol. The highest BCUT2D eigenvalue weighted by molar-refractivity contribution is 5.96. The molecule has 1 amide bonds. The predicted molar refractivity (Wildman–Crippen MR) is 73.6 cm³/mol. The molecular formula is C14H17N3O3. The summed E-state index contributed by atoms with van der Waals surface area (Å²) >= 11 is 0. The fourth-order valence-corrected chi connectivity index (χ4v) is 2.14. The first-order chi connectivity index (χ1) is 9.38. The number of hydrogen-bond acceptors (Lipinski definition) is 4. The monoisotopic (exact) mass is 275 g/mol. The Balaban J connectivity index is 2.25. The van der Waals surface area contributed by atoms with E-state index in [1.54, 1.807) is 25.8 Å². The summed E-state index contributed by atoms with van der Waals surface area (Å²) in [5, 5.41) is 6.93. The third kappa shape index (κ3) is 2.79. The summed E-state index contributed by atoms with van der Waals surface area (Å²) in [7, 11) is 1.69. The van der Waals surface area contributed by atoms with E-state index < -0.39 is 5.63 Å². The minimum Gasteiger partial charge on any atom is -0.427 e. The summed E-state index contributed by atoms with van der Waals surface area (Å²) in [4.78, 5) is 25.2. The topological polar surface area (TPSA) is 79.2 Å². The Morgan fingerprint density at radius 2 is 2.05 bits per heavy atom. The van der Waals surface area contributed by atoms with Crippen molar-refractivity contribution in [2.45, 2.75) is 27.3 Å². The smallest absolute Gasteiger partial charge is 0.336 e. The zero-order chi connectivity index (χ0) is 14.9. The molecule has 0 bridgehead atoms. The number of aryl methyl sites for hydroxylation is 3. The summed E-state index contributed by atoms with van der Waals surface area (Å²) in [6, 6.07) is 3.21. The average Bonchev–Trinajstić information content (AvgIpc) is 2.73. The van der Waals surface area contributed by atoms with Gasteiger partial charge in [-0.25, -0.2) is 4.79 Å². The molecule has 1 N–H and O–H groups in total. The van der Waals surface area contributed by atoms with Gasteiger partial charge in [-0.1, -0.05) is 0 Å². The molecule has 0 aliphatic carbocycles. The Hall–Kier alpha value is -2.37. The Morgan fingerprint density at radius 1 is 1.35 bits per heavy atom. The largest absolute Gasteiger partial charge is 0.427 e. The Bertz CT molecular complexity index is 674. The summed E-state index contributed by atoms with van der Waals surface area (Å²) < 4.78 is 4.99. The average molecular weight is 275 g/mol. The Labute approximate surface area is 116 Å². The number of aromatic nitrogens is 2. The lowest BCUT2D eigenvalue weighted by Crippen LogP contribution is -2.28. The number of H-pyrrole nitrogens is 1. The van der Waals surface area contributed by atoms with Crippen molar-refractivity contribution < 1.29 is 9.21 Å². The molecule has 0 aromatic carbocycles. The number of carbonyl (C=O) groups is 1. The Morgan fingerprint density at radius 3 is 2.60 bits per heavy atom. The molecule has 0 spiro atoms. The molecule has 20 heavy (non-hydrogen) atoms. The summed E-state index contributed by atoms with van der Waals surface area (Å²) in [6.07, 6.45) is 0. The molecule has 0 aliphatic rings. The van der Waals surface area contributed by atoms with Gasteiger partial charge in [-0.3, -0.25) is 9.89 Å². The molecule has 0 saturated heterocycles. The maximum atomic E-state index is 12.4. The third-order valence-electron chi connectivity index (χ3n) is 3.05. The molecule has 2 aromatic heterocycles. The van der Waals surface area contributed by atoms with E-state index in [4.69, 9.17) is 4.42 Å². The maximum Gasteiger partial charge on any atom is 0.336 e. The van der Waals surface area contributed by atoms with Crippen LogP contribution in [0.4, 0.5) is 0 Å². The van der Waals surface area contributed by atoms with Crippen molar-refractivity contribution in [3.63, 3.8) is 0 Å². The van der Waals surface area contributed by atoms with Crippen LogP contribution in [0.1, 0.15) is 33.1 Å². The molecule has 106 valence electrons. The van der Waals surface area contributed by atoms with Crippen LogP contribution >= 0.6 is 0 Å². The molecule has 0 fully saturated rings. The molecule has 2 aromatic rings. The summed E-state index contributed by atoms with van der Waals surface area (Å²) in [6.45, 7) is 5.64. The lowest BCUT2D eigenvalue weighted by Gasteiger charge is -2.17. The first-order valence-electron chi connectivity index (χ1n) is 6.26. The molecule has 0 saturated carbocycles. The molecule has 6 nitrogen and oxygen atoms in total. The van der Waals surface area contributed by atoms with Gasteiger partial charge in [-0.05, 0) is 32.4 Å². The number of hydrogen-bond donors (Lipinski definition) is 1. The van der Waals surface area contributed by atoms with Gasteiger partial charge in [0, 0.05) is 18.8 Å². The number of rotatable bonds is 3. The second kappa shape index (κ2) is 5.32. The van der Waals surface area contributed by atoms with E-state index >= 15 is 0 Å². The number of amides is 1. The van der Waals surface area contributed by atoms with E-state index in [1.807, 2.05) is 13.0 Å². The van der Waals surface area contributed by atoms with Crippen molar-refractivity contribution in [2.24, 2.45) is 0 Å². The summed E-state index contributed by atoms with van der Waals surface area (Å²) in [5.74, 6) is 0.148. The fourth-order valence-electron chi connectivity index (χ4n) is 2.14. The van der Waals surface area contributed by atoms with Gasteiger partial charge in [0.1, 0.15) is 5.76 Å². The van der Waals surface area contributed by atoms with Gasteiger partial charge < -0.3 is 9.32 Å². The van der Waals surface area contributed by atoms with Crippen LogP contribution in [0.2, 0.25) is 0 Å². The highest BCUT2D eigenvalue weighted by Crippen LogP contribution is 2.14. The normalized spacial score (nSPS) is 10.6. The van der Waals surface area contributed by atoms with E-state index in [9.17, 15) is 9.59 Å². The Kier molecular flexibility index (Phi) is 3.74. The lowest BCUT2D eigenvalue weighted by atomic mass is 10.1. The zero-order valence-corrected chi connectivity index (χ0v) is 12.0. The number of nitrogens with one attached hydrogen (secondary N) is 1. The minimum atomic E-state index is -0.442. The molecule has 0 radical (unpaired) electrons. The van der Waals surface area contributed by atoms with Crippen molar-refractivity contribution in [1.82, 2.24) is 15.1 Å². The van der Waals surface area contributed by atoms with Crippen LogP contribution in [0.15, 0.2) is 21.3 Å². The first-order valence-corrected chi connectivity index (χ1v) is 6.26. The molecule has 6 heteroatoms. The molecule has 2 rings (SSSR count). The van der Waals surface area contributed by atoms with Gasteiger partial charge in [-0.15, -0.1) is 0 Å². The van der Waals surface area contributed by atoms with Gasteiger partial charge >= 0.3 is 5.63 Å². The van der Waals surface area contributed by atoms with Crippen LogP contribution < -0.4 is 5.63 Å². The van der Waals surface area contributed by atoms with E-state index in [0.717, 1.165) is 11.4 Å². The first kappa shape index (κ1) is 14.0. The van der Waals surface area contributed by atoms with Crippen LogP contribution in [0.5, 0.6) is 0 Å². The van der Waals surface area contributed by atoms with Crippen LogP contribution in [0.3, 0.4) is 0 Å². The van der Waals surface area contributed by atoms with Crippen LogP contribution in [-0.2, 0) is 6.54 Å². The van der Waals surface area contributed by atoms with Crippen molar-refractivity contribution >= 4 is 5.91 Å². The van der Waals surface area contributed by atoms with E-state index in [-0.39, 0.29) is 5.91 Å². The number of carbonyl (C=O) groups excluding carboxylic acids is 1. The quantitative estimate of drug-likeness (QED) is 0.922. The van der Waals surface area contributed by atoms with Gasteiger partial charge in [0.2, 0.25) is 0 Å². The van der Waals surface area contributed by atoms with Gasteiger partial charge in [0.25, 0.3) is 5.91 Å². The molecule has 0 aliphatic heterocycles. The molecule has 0 atom stereocenters. The van der Waals surface area contributed by atoms with E-state index in [2.05, 4.69) is 10.2 Å². The van der Waals surface area contributed by atoms with Crippen molar-refractivity contribution in [2.75, 3.05) is 7.05 Å². The van der Waals surface area contributed by atoms with Crippen molar-refractivity contribution in [3.8, 4) is 0 Å². The second-order valence-corrected chi connectivity index (χ2v) is 4.88. The fraction of sp³-hybridized carbons (Fsp3) is 0.357. The van der Waals surface area contributed by atoms with Gasteiger partial charge in [-0.2, -0.15) is 5.10 Å². The predicted octanol–water partition coefficient (Wildman–Crippen LogP) is 1.56. The zero-order valence-electron chi connectivity index (χ0n) is 12.0. The maximum absolute atomic E-state index is 12.4. The molecule has 2 heterocycles. The SMILES string of the molecule is Cc1cc(CN(C)C(=O)c2c(C)cc(=O)oc2C)n[nH]1. The van der Waals surface area contributed by atoms with E-state index in [0.29, 0.717) is 23.4 Å². The number of aromatic amines is 1. The third-order valence-corrected chi connectivity index (χ3v) is 3.05. The highest BCUT2D eigenvalue weighted by atomic mass is 16.4. The highest BCUT2D eigenvalue weighted by Gasteiger charge is 2.19. The summed E-state index contributed by atoms with van der Waals surface area (Å²) in [5.41, 5.74) is 2.33. The van der Waals surface area contributed by atoms with Crippen LogP contribution in [0.25, 0.3) is 0 Å². The lowest BCUT2D eigenvalue weighted by molar-refractivity contribution is 0.0778. The van der Waals surface area contributed by atoms with Gasteiger partial charge in [0.15, 0.2) is 0 Å². The second-order valence-electron chi connectivity index (χ2n) is 4.88. The number of nitrogens with zero attached hydrogens (tertiary/aromatic N) is 2. The van der Waals surface area contributed by atoms with Crippen LogP contribution in [0, 0.1) is 20.8 Å².